The molecule has 0 aliphatic rings. The molecule has 0 atom stereocenters. The lowest BCUT2D eigenvalue weighted by molar-refractivity contribution is -0.137. The molecule has 4 nitrogen and oxygen atoms in total. The van der Waals surface area contributed by atoms with Crippen LogP contribution in [0.1, 0.15) is 31.9 Å². The summed E-state index contributed by atoms with van der Waals surface area (Å²) < 4.78 is 5.08. The van der Waals surface area contributed by atoms with Crippen molar-refractivity contribution in [3.8, 4) is 11.5 Å². The van der Waals surface area contributed by atoms with Crippen molar-refractivity contribution >= 4 is 12.0 Å². The molecular weight excluding hydrogens is 328 g/mol. The van der Waals surface area contributed by atoms with Crippen molar-refractivity contribution in [2.75, 3.05) is 6.61 Å². The fourth-order valence-corrected chi connectivity index (χ4v) is 1.77. The molecule has 2 aromatic carbocycles. The molecule has 0 unspecified atom stereocenters. The lowest BCUT2D eigenvalue weighted by Gasteiger charge is -2.02. The van der Waals surface area contributed by atoms with Gasteiger partial charge in [0.05, 0.1) is 6.61 Å². The Labute approximate surface area is 156 Å². The van der Waals surface area contributed by atoms with Gasteiger partial charge in [-0.15, -0.1) is 6.58 Å². The Morgan fingerprint density at radius 2 is 1.69 bits per heavy atom. The zero-order valence-electron chi connectivity index (χ0n) is 15.7. The highest BCUT2D eigenvalue weighted by molar-refractivity contribution is 5.87. The van der Waals surface area contributed by atoms with Crippen LogP contribution in [0.5, 0.6) is 11.5 Å². The first kappa shape index (κ1) is 23.0. The summed E-state index contributed by atoms with van der Waals surface area (Å²) in [6.45, 7) is 9.56. The number of allylic oxidation sites excluding steroid dienone is 1. The van der Waals surface area contributed by atoms with Crippen LogP contribution in [0, 0.1) is 0 Å². The monoisotopic (exact) mass is 356 g/mol. The molecule has 0 fully saturated rings. The molecular formula is C22H28O4. The zero-order valence-corrected chi connectivity index (χ0v) is 15.7. The summed E-state index contributed by atoms with van der Waals surface area (Å²) in [4.78, 5) is 11.5. The fourth-order valence-electron chi connectivity index (χ4n) is 1.77. The van der Waals surface area contributed by atoms with E-state index in [2.05, 4.69) is 6.58 Å². The number of carbonyl (C=O) groups excluding carboxylic acids is 1. The summed E-state index contributed by atoms with van der Waals surface area (Å²) in [5, 5.41) is 18.5. The van der Waals surface area contributed by atoms with Gasteiger partial charge >= 0.3 is 5.97 Å². The van der Waals surface area contributed by atoms with Gasteiger partial charge < -0.3 is 14.9 Å². The van der Waals surface area contributed by atoms with Gasteiger partial charge in [0.1, 0.15) is 0 Å². The standard InChI is InChI=1S/C17H16O4.C3H6.C2H6/c18-15-8-6-14(12-16(15)19)7-9-17(20)21-11-10-13-4-2-1-3-5-13;1-3-2;1-2/h1-9,12,18-19H,10-11H2;3H,1H2,2H3;1-2H3/b9-7+;;. The molecule has 140 valence electrons. The second-order valence-electron chi connectivity index (χ2n) is 4.89. The van der Waals surface area contributed by atoms with Crippen molar-refractivity contribution in [1.82, 2.24) is 0 Å². The lowest BCUT2D eigenvalue weighted by atomic mass is 10.2. The number of phenolic OH excluding ortho intramolecular Hbond substituents is 2. The first-order valence-corrected chi connectivity index (χ1v) is 8.54. The molecule has 0 spiro atoms. The van der Waals surface area contributed by atoms with Crippen molar-refractivity contribution in [3.63, 3.8) is 0 Å². The third-order valence-electron chi connectivity index (χ3n) is 2.89. The van der Waals surface area contributed by atoms with E-state index < -0.39 is 5.97 Å². The van der Waals surface area contributed by atoms with Crippen LogP contribution >= 0.6 is 0 Å². The van der Waals surface area contributed by atoms with Crippen LogP contribution in [0.2, 0.25) is 0 Å². The summed E-state index contributed by atoms with van der Waals surface area (Å²) >= 11 is 0. The summed E-state index contributed by atoms with van der Waals surface area (Å²) in [5.74, 6) is -0.870. The Balaban J connectivity index is 0.00000113. The van der Waals surface area contributed by atoms with Crippen LogP contribution in [0.15, 0.2) is 67.3 Å². The number of ether oxygens (including phenoxy) is 1. The Morgan fingerprint density at radius 1 is 1.08 bits per heavy atom. The maximum absolute atomic E-state index is 11.5. The van der Waals surface area contributed by atoms with Gasteiger partial charge in [-0.1, -0.05) is 56.3 Å². The molecule has 0 aliphatic carbocycles. The van der Waals surface area contributed by atoms with Gasteiger partial charge in [0.25, 0.3) is 0 Å². The Hall–Kier alpha value is -3.01. The number of carbonyl (C=O) groups is 1. The Kier molecular flexibility index (Phi) is 12.7. The highest BCUT2D eigenvalue weighted by atomic mass is 16.5. The van der Waals surface area contributed by atoms with E-state index in [4.69, 9.17) is 4.74 Å². The van der Waals surface area contributed by atoms with Crippen molar-refractivity contribution in [3.05, 3.63) is 78.4 Å². The molecule has 0 amide bonds. The van der Waals surface area contributed by atoms with E-state index in [9.17, 15) is 15.0 Å². The highest BCUT2D eigenvalue weighted by Gasteiger charge is 2.00. The molecule has 0 radical (unpaired) electrons. The third-order valence-corrected chi connectivity index (χ3v) is 2.89. The molecule has 2 N–H and O–H groups in total. The number of phenols is 2. The average Bonchev–Trinajstić information content (AvgIpc) is 2.66. The normalized spacial score (nSPS) is 9.35. The molecule has 0 saturated heterocycles. The number of hydrogen-bond acceptors (Lipinski definition) is 4. The summed E-state index contributed by atoms with van der Waals surface area (Å²) in [6, 6.07) is 14.1. The van der Waals surface area contributed by atoms with Crippen LogP contribution in [-0.4, -0.2) is 22.8 Å². The maximum Gasteiger partial charge on any atom is 0.330 e. The molecule has 0 aliphatic heterocycles. The van der Waals surface area contributed by atoms with Gasteiger partial charge in [-0.3, -0.25) is 0 Å². The molecule has 2 rings (SSSR count). The number of aromatic hydroxyl groups is 2. The van der Waals surface area contributed by atoms with E-state index in [0.29, 0.717) is 18.6 Å². The van der Waals surface area contributed by atoms with Gasteiger partial charge in [0.15, 0.2) is 11.5 Å². The van der Waals surface area contributed by atoms with Crippen LogP contribution in [0.4, 0.5) is 0 Å². The summed E-state index contributed by atoms with van der Waals surface area (Å²) in [5.41, 5.74) is 1.71. The predicted molar refractivity (Wildman–Crippen MR) is 107 cm³/mol. The van der Waals surface area contributed by atoms with Gasteiger partial charge in [0.2, 0.25) is 0 Å². The number of hydrogen-bond donors (Lipinski definition) is 2. The largest absolute Gasteiger partial charge is 0.504 e. The number of benzene rings is 2. The first-order chi connectivity index (χ1) is 12.6. The van der Waals surface area contributed by atoms with Crippen LogP contribution in [-0.2, 0) is 16.0 Å². The molecule has 2 aromatic rings. The summed E-state index contributed by atoms with van der Waals surface area (Å²) in [6.07, 6.45) is 5.22. The van der Waals surface area contributed by atoms with Crippen molar-refractivity contribution < 1.29 is 19.7 Å². The molecule has 4 heteroatoms. The lowest BCUT2D eigenvalue weighted by Crippen LogP contribution is -2.04. The van der Waals surface area contributed by atoms with Crippen LogP contribution in [0.25, 0.3) is 6.08 Å². The second kappa shape index (κ2) is 14.3. The smallest absolute Gasteiger partial charge is 0.330 e. The number of esters is 1. The van der Waals surface area contributed by atoms with Crippen molar-refractivity contribution in [2.24, 2.45) is 0 Å². The predicted octanol–water partition coefficient (Wildman–Crippen LogP) is 5.12. The topological polar surface area (TPSA) is 66.8 Å². The fraction of sp³-hybridized carbons (Fsp3) is 0.227. The molecule has 0 heterocycles. The molecule has 0 bridgehead atoms. The Bertz CT molecular complexity index is 676. The minimum absolute atomic E-state index is 0.197. The second-order valence-corrected chi connectivity index (χ2v) is 4.89. The minimum atomic E-state index is -0.446. The van der Waals surface area contributed by atoms with E-state index in [1.165, 1.54) is 24.3 Å². The Morgan fingerprint density at radius 3 is 2.27 bits per heavy atom. The average molecular weight is 356 g/mol. The van der Waals surface area contributed by atoms with E-state index in [1.54, 1.807) is 12.1 Å². The maximum atomic E-state index is 11.5. The quantitative estimate of drug-likeness (QED) is 0.338. The molecule has 0 saturated carbocycles. The first-order valence-electron chi connectivity index (χ1n) is 8.54. The minimum Gasteiger partial charge on any atom is -0.504 e. The van der Waals surface area contributed by atoms with Crippen LogP contribution < -0.4 is 0 Å². The van der Waals surface area contributed by atoms with Crippen molar-refractivity contribution in [1.29, 1.82) is 0 Å². The van der Waals surface area contributed by atoms with E-state index >= 15 is 0 Å². The molecule has 0 aromatic heterocycles. The zero-order chi connectivity index (χ0) is 19.8. The SMILES string of the molecule is C=CC.CC.O=C(/C=C/c1ccc(O)c(O)c1)OCCc1ccccc1. The van der Waals surface area contributed by atoms with E-state index in [1.807, 2.05) is 51.1 Å². The summed E-state index contributed by atoms with van der Waals surface area (Å²) in [7, 11) is 0. The third kappa shape index (κ3) is 9.98. The van der Waals surface area contributed by atoms with Gasteiger partial charge in [-0.2, -0.15) is 0 Å². The van der Waals surface area contributed by atoms with E-state index in [-0.39, 0.29) is 11.5 Å². The van der Waals surface area contributed by atoms with Crippen LogP contribution in [0.3, 0.4) is 0 Å². The van der Waals surface area contributed by atoms with E-state index in [0.717, 1.165) is 5.56 Å². The van der Waals surface area contributed by atoms with Gasteiger partial charge in [0, 0.05) is 12.5 Å². The van der Waals surface area contributed by atoms with Gasteiger partial charge in [-0.25, -0.2) is 4.79 Å². The number of rotatable bonds is 5. The van der Waals surface area contributed by atoms with Crippen molar-refractivity contribution in [2.45, 2.75) is 27.2 Å². The van der Waals surface area contributed by atoms with Gasteiger partial charge in [-0.05, 0) is 36.3 Å². The molecule has 26 heavy (non-hydrogen) atoms. The highest BCUT2D eigenvalue weighted by Crippen LogP contribution is 2.25.